The molecule has 0 spiro atoms. The minimum absolute atomic E-state index is 0.178. The molecule has 2 heterocycles. The summed E-state index contributed by atoms with van der Waals surface area (Å²) in [4.78, 5) is 28.3. The highest BCUT2D eigenvalue weighted by Crippen LogP contribution is 2.42. The molecule has 0 aromatic heterocycles. The molecule has 4 atom stereocenters. The van der Waals surface area contributed by atoms with Crippen molar-refractivity contribution in [2.24, 2.45) is 17.6 Å². The van der Waals surface area contributed by atoms with Gasteiger partial charge in [-0.3, -0.25) is 9.59 Å². The Hall–Kier alpha value is -3.82. The molecule has 4 N–H and O–H groups in total. The average Bonchev–Trinajstić information content (AvgIpc) is 3.50. The summed E-state index contributed by atoms with van der Waals surface area (Å²) in [5.74, 6) is 6.67. The van der Waals surface area contributed by atoms with Crippen molar-refractivity contribution in [3.8, 4) is 11.8 Å². The molecular weight excluding hydrogens is 448 g/mol. The maximum Gasteiger partial charge on any atom is 0.243 e. The lowest BCUT2D eigenvalue weighted by atomic mass is 9.84. The molecule has 6 heteroatoms. The number of rotatable bonds is 6. The molecule has 1 saturated carbocycles. The third kappa shape index (κ3) is 5.37. The van der Waals surface area contributed by atoms with Crippen LogP contribution in [0.1, 0.15) is 36.3 Å². The smallest absolute Gasteiger partial charge is 0.243 e. The number of benzene rings is 2. The van der Waals surface area contributed by atoms with Gasteiger partial charge in [0.25, 0.3) is 0 Å². The normalized spacial score (nSPS) is 22.9. The topological polar surface area (TPSA) is 87.5 Å². The average molecular weight is 481 g/mol. The number of hydrogen-bond acceptors (Lipinski definition) is 4. The molecule has 1 aliphatic carbocycles. The van der Waals surface area contributed by atoms with Crippen molar-refractivity contribution in [1.82, 2.24) is 15.5 Å². The molecule has 1 saturated heterocycles. The zero-order valence-electron chi connectivity index (χ0n) is 20.3. The van der Waals surface area contributed by atoms with E-state index in [0.29, 0.717) is 24.8 Å². The Morgan fingerprint density at radius 2 is 1.75 bits per heavy atom. The highest BCUT2D eigenvalue weighted by molar-refractivity contribution is 5.91. The molecule has 0 bridgehead atoms. The van der Waals surface area contributed by atoms with Crippen molar-refractivity contribution < 1.29 is 9.59 Å². The number of nitrogens with two attached hydrogens (primary N) is 1. The van der Waals surface area contributed by atoms with Crippen LogP contribution in [0.15, 0.2) is 84.7 Å². The van der Waals surface area contributed by atoms with Crippen molar-refractivity contribution in [1.29, 1.82) is 0 Å². The first-order valence-electron chi connectivity index (χ1n) is 12.7. The van der Waals surface area contributed by atoms with Crippen molar-refractivity contribution >= 4 is 11.8 Å². The van der Waals surface area contributed by atoms with Gasteiger partial charge in [0.15, 0.2) is 0 Å². The van der Waals surface area contributed by atoms with Crippen molar-refractivity contribution in [3.05, 3.63) is 95.8 Å². The van der Waals surface area contributed by atoms with Gasteiger partial charge < -0.3 is 21.3 Å². The third-order valence-corrected chi connectivity index (χ3v) is 7.23. The number of likely N-dealkylation sites (tertiary alicyclic amines) is 1. The van der Waals surface area contributed by atoms with E-state index >= 15 is 0 Å². The van der Waals surface area contributed by atoms with Crippen molar-refractivity contribution in [2.75, 3.05) is 13.1 Å². The first-order chi connectivity index (χ1) is 17.6. The van der Waals surface area contributed by atoms with Gasteiger partial charge in [0.2, 0.25) is 11.8 Å². The van der Waals surface area contributed by atoms with E-state index in [2.05, 4.69) is 34.6 Å². The molecular formula is C30H32N4O2. The molecule has 2 aliphatic heterocycles. The number of nitrogens with one attached hydrogen (secondary N) is 2. The predicted octanol–water partition coefficient (Wildman–Crippen LogP) is 2.89. The Morgan fingerprint density at radius 3 is 2.44 bits per heavy atom. The van der Waals surface area contributed by atoms with Crippen LogP contribution in [0.2, 0.25) is 0 Å². The molecule has 2 amide bonds. The first-order valence-corrected chi connectivity index (χ1v) is 12.7. The van der Waals surface area contributed by atoms with Crippen LogP contribution in [0.5, 0.6) is 0 Å². The lowest BCUT2D eigenvalue weighted by molar-refractivity contribution is -0.139. The highest BCUT2D eigenvalue weighted by Gasteiger charge is 2.39. The number of nitrogens with zero attached hydrogens (tertiary/aromatic N) is 1. The summed E-state index contributed by atoms with van der Waals surface area (Å²) in [5.41, 5.74) is 9.47. The van der Waals surface area contributed by atoms with E-state index in [9.17, 15) is 9.59 Å². The SMILES string of the molecule is N[C@@H](C(=O)N1CCC[C@H]1C(=O)NCC#CC1=CC2CC2C=CN1)C(c1ccccc1)c1ccccc1. The summed E-state index contributed by atoms with van der Waals surface area (Å²) >= 11 is 0. The minimum atomic E-state index is -0.796. The molecule has 2 fully saturated rings. The van der Waals surface area contributed by atoms with Gasteiger partial charge in [0, 0.05) is 12.5 Å². The Bertz CT molecular complexity index is 1170. The third-order valence-electron chi connectivity index (χ3n) is 7.23. The van der Waals surface area contributed by atoms with E-state index in [0.717, 1.165) is 23.2 Å². The van der Waals surface area contributed by atoms with Gasteiger partial charge in [0.1, 0.15) is 6.04 Å². The van der Waals surface area contributed by atoms with Crippen LogP contribution in [0, 0.1) is 23.7 Å². The summed E-state index contributed by atoms with van der Waals surface area (Å²) < 4.78 is 0. The molecule has 0 radical (unpaired) electrons. The largest absolute Gasteiger partial charge is 0.355 e. The van der Waals surface area contributed by atoms with Crippen LogP contribution < -0.4 is 16.4 Å². The highest BCUT2D eigenvalue weighted by atomic mass is 16.2. The second kappa shape index (κ2) is 10.8. The van der Waals surface area contributed by atoms with E-state index < -0.39 is 12.1 Å². The van der Waals surface area contributed by atoms with Crippen LogP contribution in [-0.2, 0) is 9.59 Å². The van der Waals surface area contributed by atoms with Crippen molar-refractivity contribution in [3.63, 3.8) is 0 Å². The lowest BCUT2D eigenvalue weighted by Crippen LogP contribution is -2.53. The molecule has 3 aliphatic rings. The summed E-state index contributed by atoms with van der Waals surface area (Å²) in [5, 5.41) is 6.08. The van der Waals surface area contributed by atoms with Gasteiger partial charge in [-0.1, -0.05) is 72.7 Å². The van der Waals surface area contributed by atoms with Gasteiger partial charge >= 0.3 is 0 Å². The summed E-state index contributed by atoms with van der Waals surface area (Å²) in [6.45, 7) is 0.759. The molecule has 6 nitrogen and oxygen atoms in total. The summed E-state index contributed by atoms with van der Waals surface area (Å²) in [7, 11) is 0. The first kappa shape index (κ1) is 23.9. The van der Waals surface area contributed by atoms with Crippen LogP contribution >= 0.6 is 0 Å². The Morgan fingerprint density at radius 1 is 1.06 bits per heavy atom. The zero-order valence-corrected chi connectivity index (χ0v) is 20.3. The molecule has 2 aromatic rings. The Labute approximate surface area is 212 Å². The van der Waals surface area contributed by atoms with Gasteiger partial charge in [-0.05, 0) is 60.4 Å². The number of carbonyl (C=O) groups is 2. The van der Waals surface area contributed by atoms with Crippen molar-refractivity contribution in [2.45, 2.75) is 37.3 Å². The zero-order chi connectivity index (χ0) is 24.9. The molecule has 5 rings (SSSR count). The quantitative estimate of drug-likeness (QED) is 0.555. The number of allylic oxidation sites excluding steroid dienone is 3. The molecule has 184 valence electrons. The second-order valence-corrected chi connectivity index (χ2v) is 9.68. The van der Waals surface area contributed by atoms with E-state index in [1.54, 1.807) is 4.90 Å². The molecule has 2 unspecified atom stereocenters. The predicted molar refractivity (Wildman–Crippen MR) is 140 cm³/mol. The summed E-state index contributed by atoms with van der Waals surface area (Å²) in [6.07, 6.45) is 8.86. The summed E-state index contributed by atoms with van der Waals surface area (Å²) in [6, 6.07) is 18.4. The maximum atomic E-state index is 13.6. The fourth-order valence-electron chi connectivity index (χ4n) is 5.20. The molecule has 36 heavy (non-hydrogen) atoms. The van der Waals surface area contributed by atoms with E-state index in [1.165, 1.54) is 6.42 Å². The lowest BCUT2D eigenvalue weighted by Gasteiger charge is -2.31. The monoisotopic (exact) mass is 480 g/mol. The van der Waals surface area contributed by atoms with Crippen LogP contribution in [0.25, 0.3) is 0 Å². The number of hydrogen-bond donors (Lipinski definition) is 3. The number of carbonyl (C=O) groups excluding carboxylic acids is 2. The van der Waals surface area contributed by atoms with E-state index in [4.69, 9.17) is 5.73 Å². The second-order valence-electron chi connectivity index (χ2n) is 9.68. The van der Waals surface area contributed by atoms with Crippen LogP contribution in [0.3, 0.4) is 0 Å². The van der Waals surface area contributed by atoms with Crippen LogP contribution in [0.4, 0.5) is 0 Å². The Balaban J connectivity index is 1.24. The maximum absolute atomic E-state index is 13.6. The number of fused-ring (bicyclic) bond motifs is 1. The fourth-order valence-corrected chi connectivity index (χ4v) is 5.20. The van der Waals surface area contributed by atoms with Gasteiger partial charge in [-0.15, -0.1) is 0 Å². The minimum Gasteiger partial charge on any atom is -0.355 e. The standard InChI is InChI=1S/C30H32N4O2/c31-28(27(21-9-3-1-4-10-21)22-11-5-2-6-12-22)30(36)34-18-8-14-26(34)29(35)33-16-7-13-25-20-24-19-23(24)15-17-32-25/h1-6,9-12,15,17,20,23-24,26-28,32H,8,14,16,18-19,31H2,(H,33,35)/t23?,24?,26-,28+/m0/s1. The fraction of sp³-hybridized carbons (Fsp3) is 0.333. The molecule has 2 aromatic carbocycles. The van der Waals surface area contributed by atoms with Gasteiger partial charge in [0.05, 0.1) is 18.3 Å². The van der Waals surface area contributed by atoms with Crippen LogP contribution in [-0.4, -0.2) is 41.9 Å². The van der Waals surface area contributed by atoms with Gasteiger partial charge in [-0.2, -0.15) is 0 Å². The van der Waals surface area contributed by atoms with E-state index in [-0.39, 0.29) is 24.3 Å². The number of amides is 2. The van der Waals surface area contributed by atoms with Gasteiger partial charge in [-0.25, -0.2) is 0 Å². The Kier molecular flexibility index (Phi) is 7.20. The van der Waals surface area contributed by atoms with E-state index in [1.807, 2.05) is 66.9 Å².